The summed E-state index contributed by atoms with van der Waals surface area (Å²) in [5.41, 5.74) is 0.191. The molecule has 0 saturated carbocycles. The molecule has 1 fully saturated rings. The summed E-state index contributed by atoms with van der Waals surface area (Å²) in [5.74, 6) is -0.0689. The lowest BCUT2D eigenvalue weighted by atomic mass is 10.1. The maximum absolute atomic E-state index is 12.7. The predicted molar refractivity (Wildman–Crippen MR) is 78.4 cm³/mol. The molecular formula is C14H15F3N6O. The quantitative estimate of drug-likeness (QED) is 0.907. The van der Waals surface area contributed by atoms with E-state index in [0.717, 1.165) is 18.1 Å². The van der Waals surface area contributed by atoms with Gasteiger partial charge in [-0.25, -0.2) is 9.97 Å². The Labute approximate surface area is 135 Å². The van der Waals surface area contributed by atoms with Crippen LogP contribution in [0.2, 0.25) is 0 Å². The fourth-order valence-electron chi connectivity index (χ4n) is 2.51. The third-order valence-electron chi connectivity index (χ3n) is 3.72. The van der Waals surface area contributed by atoms with Crippen molar-refractivity contribution in [3.05, 3.63) is 35.5 Å². The molecule has 2 aromatic heterocycles. The molecule has 128 valence electrons. The zero-order valence-corrected chi connectivity index (χ0v) is 13.0. The lowest BCUT2D eigenvalue weighted by Crippen LogP contribution is -2.59. The number of anilines is 1. The molecule has 1 aliphatic rings. The molecule has 10 heteroatoms. The van der Waals surface area contributed by atoms with Gasteiger partial charge in [0.05, 0.1) is 11.7 Å². The molecule has 3 heterocycles. The van der Waals surface area contributed by atoms with Crippen LogP contribution in [-0.2, 0) is 13.2 Å². The van der Waals surface area contributed by atoms with Gasteiger partial charge in [0.15, 0.2) is 0 Å². The lowest BCUT2D eigenvalue weighted by molar-refractivity contribution is -0.141. The number of aromatic nitrogens is 4. The second kappa shape index (κ2) is 5.77. The molecule has 24 heavy (non-hydrogen) atoms. The molecule has 1 aliphatic heterocycles. The van der Waals surface area contributed by atoms with Gasteiger partial charge in [0, 0.05) is 26.2 Å². The fourth-order valence-corrected chi connectivity index (χ4v) is 2.51. The number of alkyl halides is 3. The summed E-state index contributed by atoms with van der Waals surface area (Å²) in [5, 5.41) is 6.92. The van der Waals surface area contributed by atoms with Crippen molar-refractivity contribution in [2.75, 3.05) is 18.0 Å². The van der Waals surface area contributed by atoms with Crippen molar-refractivity contribution in [2.24, 2.45) is 7.05 Å². The zero-order valence-electron chi connectivity index (χ0n) is 13.0. The highest BCUT2D eigenvalue weighted by Gasteiger charge is 2.35. The first-order chi connectivity index (χ1) is 11.2. The van der Waals surface area contributed by atoms with E-state index in [1.54, 1.807) is 24.9 Å². The molecule has 0 radical (unpaired) electrons. The Morgan fingerprint density at radius 3 is 2.58 bits per heavy atom. The Balaban J connectivity index is 1.60. The van der Waals surface area contributed by atoms with Crippen LogP contribution in [0, 0.1) is 6.92 Å². The van der Waals surface area contributed by atoms with Crippen LogP contribution < -0.4 is 10.2 Å². The molecule has 1 N–H and O–H groups in total. The van der Waals surface area contributed by atoms with Gasteiger partial charge in [0.25, 0.3) is 5.91 Å². The van der Waals surface area contributed by atoms with E-state index in [1.807, 2.05) is 0 Å². The SMILES string of the molecule is Cc1cc(C(=O)NC2CN(c3cc(C(F)(F)F)ncn3)C2)n(C)n1. The molecule has 0 aromatic carbocycles. The normalized spacial score (nSPS) is 15.3. The van der Waals surface area contributed by atoms with Crippen molar-refractivity contribution in [1.29, 1.82) is 0 Å². The van der Waals surface area contributed by atoms with Gasteiger partial charge in [-0.05, 0) is 13.0 Å². The van der Waals surface area contributed by atoms with Crippen molar-refractivity contribution in [1.82, 2.24) is 25.1 Å². The Hall–Kier alpha value is -2.65. The highest BCUT2D eigenvalue weighted by Crippen LogP contribution is 2.29. The highest BCUT2D eigenvalue weighted by atomic mass is 19.4. The number of halogens is 3. The molecule has 3 rings (SSSR count). The second-order valence-corrected chi connectivity index (χ2v) is 5.63. The molecule has 1 saturated heterocycles. The van der Waals surface area contributed by atoms with E-state index in [1.165, 1.54) is 4.68 Å². The second-order valence-electron chi connectivity index (χ2n) is 5.63. The number of rotatable bonds is 3. The smallest absolute Gasteiger partial charge is 0.352 e. The minimum Gasteiger partial charge on any atom is -0.352 e. The Bertz CT molecular complexity index is 766. The van der Waals surface area contributed by atoms with Gasteiger partial charge in [0.2, 0.25) is 0 Å². The summed E-state index contributed by atoms with van der Waals surface area (Å²) < 4.78 is 39.5. The topological polar surface area (TPSA) is 75.9 Å². The van der Waals surface area contributed by atoms with Crippen LogP contribution in [0.25, 0.3) is 0 Å². The van der Waals surface area contributed by atoms with E-state index in [2.05, 4.69) is 20.4 Å². The monoisotopic (exact) mass is 340 g/mol. The molecule has 0 unspecified atom stereocenters. The van der Waals surface area contributed by atoms with E-state index < -0.39 is 11.9 Å². The molecular weight excluding hydrogens is 325 g/mol. The van der Waals surface area contributed by atoms with Gasteiger partial charge in [0.1, 0.15) is 23.5 Å². The Morgan fingerprint density at radius 1 is 1.29 bits per heavy atom. The van der Waals surface area contributed by atoms with Crippen LogP contribution in [0.4, 0.5) is 19.0 Å². The molecule has 2 aromatic rings. The number of carbonyl (C=O) groups excluding carboxylic acids is 1. The average molecular weight is 340 g/mol. The van der Waals surface area contributed by atoms with Crippen LogP contribution >= 0.6 is 0 Å². The Kier molecular flexibility index (Phi) is 3.90. The van der Waals surface area contributed by atoms with Crippen molar-refractivity contribution in [2.45, 2.75) is 19.1 Å². The van der Waals surface area contributed by atoms with Crippen molar-refractivity contribution < 1.29 is 18.0 Å². The lowest BCUT2D eigenvalue weighted by Gasteiger charge is -2.40. The molecule has 7 nitrogen and oxygen atoms in total. The number of nitrogens with zero attached hydrogens (tertiary/aromatic N) is 5. The first kappa shape index (κ1) is 16.2. The average Bonchev–Trinajstić information content (AvgIpc) is 2.80. The molecule has 0 aliphatic carbocycles. The van der Waals surface area contributed by atoms with Crippen molar-refractivity contribution in [3.63, 3.8) is 0 Å². The van der Waals surface area contributed by atoms with Gasteiger partial charge < -0.3 is 10.2 Å². The minimum atomic E-state index is -4.51. The number of amides is 1. The van der Waals surface area contributed by atoms with E-state index in [0.29, 0.717) is 18.8 Å². The third-order valence-corrected chi connectivity index (χ3v) is 3.72. The van der Waals surface area contributed by atoms with Crippen molar-refractivity contribution >= 4 is 11.7 Å². The number of hydrogen-bond donors (Lipinski definition) is 1. The molecule has 1 amide bonds. The third kappa shape index (κ3) is 3.17. The highest BCUT2D eigenvalue weighted by molar-refractivity contribution is 5.93. The van der Waals surface area contributed by atoms with Gasteiger partial charge in [-0.2, -0.15) is 18.3 Å². The zero-order chi connectivity index (χ0) is 17.5. The van der Waals surface area contributed by atoms with Gasteiger partial charge in [-0.3, -0.25) is 9.48 Å². The van der Waals surface area contributed by atoms with E-state index in [4.69, 9.17) is 0 Å². The van der Waals surface area contributed by atoms with Crippen LogP contribution in [0.15, 0.2) is 18.5 Å². The summed E-state index contributed by atoms with van der Waals surface area (Å²) in [6.45, 7) is 2.56. The first-order valence-corrected chi connectivity index (χ1v) is 7.20. The number of carbonyl (C=O) groups is 1. The summed E-state index contributed by atoms with van der Waals surface area (Å²) in [4.78, 5) is 20.9. The standard InChI is InChI=1S/C14H15F3N6O/c1-8-3-10(22(2)21-8)13(24)20-9-5-23(6-9)12-4-11(14(15,16)17)18-7-19-12/h3-4,7,9H,5-6H2,1-2H3,(H,20,24). The maximum atomic E-state index is 12.7. The number of aryl methyl sites for hydroxylation is 2. The summed E-state index contributed by atoms with van der Waals surface area (Å²) in [6, 6.07) is 2.42. The van der Waals surface area contributed by atoms with Gasteiger partial charge >= 0.3 is 6.18 Å². The Morgan fingerprint density at radius 2 is 2.00 bits per heavy atom. The van der Waals surface area contributed by atoms with E-state index >= 15 is 0 Å². The molecule has 0 atom stereocenters. The number of hydrogen-bond acceptors (Lipinski definition) is 5. The van der Waals surface area contributed by atoms with Crippen LogP contribution in [0.3, 0.4) is 0 Å². The fraction of sp³-hybridized carbons (Fsp3) is 0.429. The van der Waals surface area contributed by atoms with Crippen LogP contribution in [-0.4, -0.2) is 44.8 Å². The summed E-state index contributed by atoms with van der Waals surface area (Å²) >= 11 is 0. The van der Waals surface area contributed by atoms with Crippen LogP contribution in [0.1, 0.15) is 21.9 Å². The predicted octanol–water partition coefficient (Wildman–Crippen LogP) is 1.16. The molecule has 0 bridgehead atoms. The van der Waals surface area contributed by atoms with E-state index in [9.17, 15) is 18.0 Å². The maximum Gasteiger partial charge on any atom is 0.433 e. The van der Waals surface area contributed by atoms with E-state index in [-0.39, 0.29) is 17.8 Å². The van der Waals surface area contributed by atoms with Crippen molar-refractivity contribution in [3.8, 4) is 0 Å². The summed E-state index contributed by atoms with van der Waals surface area (Å²) in [6.07, 6.45) is -3.62. The first-order valence-electron chi connectivity index (χ1n) is 7.20. The minimum absolute atomic E-state index is 0.156. The molecule has 0 spiro atoms. The number of nitrogens with one attached hydrogen (secondary N) is 1. The van der Waals surface area contributed by atoms with Crippen LogP contribution in [0.5, 0.6) is 0 Å². The van der Waals surface area contributed by atoms with Gasteiger partial charge in [-0.1, -0.05) is 0 Å². The van der Waals surface area contributed by atoms with Gasteiger partial charge in [-0.15, -0.1) is 0 Å². The largest absolute Gasteiger partial charge is 0.433 e. The summed E-state index contributed by atoms with van der Waals surface area (Å²) in [7, 11) is 1.68.